The van der Waals surface area contributed by atoms with Gasteiger partial charge >= 0.3 is 0 Å². The number of benzene rings is 2. The first kappa shape index (κ1) is 27.5. The van der Waals surface area contributed by atoms with Crippen LogP contribution in [0.15, 0.2) is 48.5 Å². The first-order valence-corrected chi connectivity index (χ1v) is 7.00. The maximum atomic E-state index is 4.01. The van der Waals surface area contributed by atoms with Gasteiger partial charge in [-0.2, -0.15) is 0 Å². The zero-order chi connectivity index (χ0) is 12.2. The van der Waals surface area contributed by atoms with Crippen molar-refractivity contribution in [1.82, 2.24) is 9.97 Å². The molecule has 1 radical (unpaired) electrons. The summed E-state index contributed by atoms with van der Waals surface area (Å²) in [5.41, 5.74) is 7.75. The van der Waals surface area contributed by atoms with Crippen molar-refractivity contribution < 1.29 is 55.8 Å². The van der Waals surface area contributed by atoms with Crippen LogP contribution in [0.25, 0.3) is 20.4 Å². The van der Waals surface area contributed by atoms with Gasteiger partial charge in [-0.25, -0.2) is 0 Å². The fourth-order valence-corrected chi connectivity index (χ4v) is 2.73. The van der Waals surface area contributed by atoms with Crippen LogP contribution in [0.4, 0.5) is 0 Å². The van der Waals surface area contributed by atoms with Crippen molar-refractivity contribution in [3.8, 4) is 0 Å². The number of halogens is 3. The molecule has 125 valence electrons. The number of fused-ring (bicyclic) bond motifs is 2. The molecule has 8 heteroatoms. The van der Waals surface area contributed by atoms with Crippen molar-refractivity contribution >= 4 is 43.1 Å². The normalized spacial score (nSPS) is 8.00. The molecule has 0 spiro atoms. The minimum absolute atomic E-state index is 0. The maximum absolute atomic E-state index is 4.01. The number of hydrogen-bond acceptors (Lipinski definition) is 4. The van der Waals surface area contributed by atoms with Crippen molar-refractivity contribution in [3.63, 3.8) is 0 Å². The van der Waals surface area contributed by atoms with E-state index in [1.165, 1.54) is 9.40 Å². The van der Waals surface area contributed by atoms with Crippen LogP contribution in [-0.2, 0) is 18.6 Å². The Labute approximate surface area is 174 Å². The van der Waals surface area contributed by atoms with E-state index >= 15 is 0 Å². The molecule has 0 aliphatic rings. The van der Waals surface area contributed by atoms with Crippen molar-refractivity contribution in [2.24, 2.45) is 0 Å². The summed E-state index contributed by atoms with van der Waals surface area (Å²) in [6.45, 7) is 0. The minimum Gasteiger partial charge on any atom is -1.00 e. The second-order valence-electron chi connectivity index (χ2n) is 3.55. The molecule has 0 atom stereocenters. The molecule has 4 aromatic rings. The average Bonchev–Trinajstić information content (AvgIpc) is 3.08. The van der Waals surface area contributed by atoms with Crippen molar-refractivity contribution in [2.75, 3.05) is 0 Å². The molecule has 0 N–H and O–H groups in total. The van der Waals surface area contributed by atoms with Gasteiger partial charge in [0.2, 0.25) is 0 Å². The Hall–Kier alpha value is -0.326. The smallest absolute Gasteiger partial charge is 0 e. The van der Waals surface area contributed by atoms with Crippen LogP contribution in [-0.4, -0.2) is 9.97 Å². The molecule has 2 heterocycles. The molecule has 0 bridgehead atoms. The van der Waals surface area contributed by atoms with Crippen LogP contribution in [0.1, 0.15) is 7.43 Å². The van der Waals surface area contributed by atoms with Crippen LogP contribution in [0.5, 0.6) is 0 Å². The summed E-state index contributed by atoms with van der Waals surface area (Å²) in [4.78, 5) is 8.02. The number of rotatable bonds is 0. The average molecular weight is 442 g/mol. The summed E-state index contributed by atoms with van der Waals surface area (Å²) in [6.07, 6.45) is 0. The second kappa shape index (κ2) is 14.1. The van der Waals surface area contributed by atoms with E-state index in [9.17, 15) is 0 Å². The fraction of sp³-hybridized carbons (Fsp3) is 0.0667. The quantitative estimate of drug-likeness (QED) is 0.259. The molecule has 0 saturated heterocycles. The SMILES string of the molecule is C.[Cl-].[Cl-].[Cl-].[V].[c-]1nc2ccccc2s1.[c-]1nc2ccccc2s1. The molecule has 2 aromatic carbocycles. The second-order valence-corrected chi connectivity index (χ2v) is 5.20. The third-order valence-corrected chi connectivity index (χ3v) is 3.87. The van der Waals surface area contributed by atoms with Gasteiger partial charge in [0, 0.05) is 18.6 Å². The molecule has 0 amide bonds. The summed E-state index contributed by atoms with van der Waals surface area (Å²) in [5, 5.41) is 0. The fourth-order valence-electron chi connectivity index (χ4n) is 1.51. The molecule has 0 fully saturated rings. The minimum atomic E-state index is 0. The molecular weight excluding hydrogens is 430 g/mol. The zero-order valence-corrected chi connectivity index (χ0v) is 16.2. The van der Waals surface area contributed by atoms with Crippen LogP contribution in [0.2, 0.25) is 0 Å². The molecule has 0 unspecified atom stereocenters. The van der Waals surface area contributed by atoms with Gasteiger partial charge in [-0.1, -0.05) is 42.7 Å². The topological polar surface area (TPSA) is 25.8 Å². The number of para-hydroxylation sites is 2. The third kappa shape index (κ3) is 7.40. The number of thiazole rings is 2. The molecule has 0 aliphatic heterocycles. The van der Waals surface area contributed by atoms with Gasteiger partial charge in [-0.3, -0.25) is 22.7 Å². The molecule has 23 heavy (non-hydrogen) atoms. The van der Waals surface area contributed by atoms with E-state index in [0.29, 0.717) is 0 Å². The van der Waals surface area contributed by atoms with E-state index in [1.54, 1.807) is 22.7 Å². The standard InChI is InChI=1S/2C7H4NS.CH4.3ClH.V/c2*1-2-4-7-6(3-1)8-5-9-7;;;;;/h2*1-4H;1H4;3*1H;/q2*-1;;;;;/p-3. The molecule has 2 aromatic heterocycles. The van der Waals surface area contributed by atoms with Gasteiger partial charge in [0.25, 0.3) is 0 Å². The summed E-state index contributed by atoms with van der Waals surface area (Å²) < 4.78 is 2.41. The van der Waals surface area contributed by atoms with E-state index in [-0.39, 0.29) is 63.2 Å². The summed E-state index contributed by atoms with van der Waals surface area (Å²) in [7, 11) is 0. The van der Waals surface area contributed by atoms with Gasteiger partial charge in [0.15, 0.2) is 0 Å². The maximum Gasteiger partial charge on any atom is 0 e. The zero-order valence-electron chi connectivity index (χ0n) is 10.9. The van der Waals surface area contributed by atoms with E-state index in [0.717, 1.165) is 11.0 Å². The Morgan fingerprint density at radius 1 is 0.652 bits per heavy atom. The van der Waals surface area contributed by atoms with Crippen molar-refractivity contribution in [3.05, 3.63) is 59.6 Å². The van der Waals surface area contributed by atoms with E-state index < -0.39 is 0 Å². The van der Waals surface area contributed by atoms with Crippen LogP contribution in [0, 0.1) is 11.0 Å². The Bertz CT molecular complexity index is 651. The predicted octanol–water partition coefficient (Wildman–Crippen LogP) is -4.16. The van der Waals surface area contributed by atoms with Crippen LogP contribution in [0.3, 0.4) is 0 Å². The van der Waals surface area contributed by atoms with Gasteiger partial charge in [0.05, 0.1) is 0 Å². The predicted molar refractivity (Wildman–Crippen MR) is 83.6 cm³/mol. The van der Waals surface area contributed by atoms with Crippen molar-refractivity contribution in [2.45, 2.75) is 7.43 Å². The Morgan fingerprint density at radius 3 is 1.35 bits per heavy atom. The third-order valence-electron chi connectivity index (χ3n) is 2.37. The summed E-state index contributed by atoms with van der Waals surface area (Å²) >= 11 is 3.10. The Balaban J connectivity index is -0.000000286. The largest absolute Gasteiger partial charge is 1.00 e. The molecule has 2 nitrogen and oxygen atoms in total. The number of nitrogens with zero attached hydrogens (tertiary/aromatic N) is 2. The van der Waals surface area contributed by atoms with E-state index in [2.05, 4.69) is 21.0 Å². The van der Waals surface area contributed by atoms with Crippen molar-refractivity contribution in [1.29, 1.82) is 0 Å². The number of aromatic nitrogens is 2. The Morgan fingerprint density at radius 2 is 1.00 bits per heavy atom. The number of hydrogen-bond donors (Lipinski definition) is 0. The van der Waals surface area contributed by atoms with E-state index in [4.69, 9.17) is 0 Å². The van der Waals surface area contributed by atoms with Gasteiger partial charge in [-0.05, 0) is 11.0 Å². The molecule has 4 rings (SSSR count). The van der Waals surface area contributed by atoms with E-state index in [1.807, 2.05) is 48.5 Å². The first-order valence-electron chi connectivity index (χ1n) is 5.37. The summed E-state index contributed by atoms with van der Waals surface area (Å²) in [5.74, 6) is 0. The molecule has 0 saturated carbocycles. The molecule has 0 aliphatic carbocycles. The van der Waals surface area contributed by atoms with Crippen LogP contribution < -0.4 is 37.2 Å². The van der Waals surface area contributed by atoms with Gasteiger partial charge < -0.3 is 47.2 Å². The monoisotopic (exact) mass is 440 g/mol. The first-order chi connectivity index (χ1) is 8.93. The molecular formula is C15H12Cl3N2S2V-5. The van der Waals surface area contributed by atoms with Gasteiger partial charge in [0.1, 0.15) is 0 Å². The van der Waals surface area contributed by atoms with Gasteiger partial charge in [-0.15, -0.1) is 33.7 Å². The van der Waals surface area contributed by atoms with Crippen LogP contribution >= 0.6 is 22.7 Å². The summed E-state index contributed by atoms with van der Waals surface area (Å²) in [6, 6.07) is 16.0. The Kier molecular flexibility index (Phi) is 16.8.